The van der Waals surface area contributed by atoms with Crippen LogP contribution in [0.5, 0.6) is 0 Å². The Labute approximate surface area is 133 Å². The Morgan fingerprint density at radius 3 is 2.50 bits per heavy atom. The lowest BCUT2D eigenvalue weighted by atomic mass is 9.70. The maximum atomic E-state index is 12.5. The number of carbonyl (C=O) groups excluding carboxylic acids is 1. The van der Waals surface area contributed by atoms with E-state index < -0.39 is 0 Å². The van der Waals surface area contributed by atoms with Crippen molar-refractivity contribution in [2.75, 3.05) is 0 Å². The molecule has 0 aliphatic heterocycles. The SMILES string of the molecule is Cc1nn(C)c(C)c1CC(=O)OC1CC2CCC1(C)C2(C)C. The van der Waals surface area contributed by atoms with E-state index in [0.717, 1.165) is 23.4 Å². The zero-order valence-electron chi connectivity index (χ0n) is 14.7. The van der Waals surface area contributed by atoms with Crippen LogP contribution < -0.4 is 0 Å². The standard InChI is InChI=1S/C18H28N2O2/c1-11-14(12(2)20(6)19-11)10-16(21)22-15-9-13-7-8-18(15,5)17(13,3)4/h13,15H,7-10H2,1-6H3. The van der Waals surface area contributed by atoms with Crippen LogP contribution in [0.3, 0.4) is 0 Å². The summed E-state index contributed by atoms with van der Waals surface area (Å²) in [5.74, 6) is 0.589. The average Bonchev–Trinajstić information content (AvgIpc) is 2.87. The van der Waals surface area contributed by atoms with Crippen LogP contribution in [0, 0.1) is 30.6 Å². The van der Waals surface area contributed by atoms with Gasteiger partial charge in [-0.25, -0.2) is 0 Å². The number of fused-ring (bicyclic) bond motifs is 2. The molecule has 2 fully saturated rings. The number of esters is 1. The van der Waals surface area contributed by atoms with E-state index in [1.165, 1.54) is 12.8 Å². The van der Waals surface area contributed by atoms with Gasteiger partial charge in [-0.3, -0.25) is 9.48 Å². The summed E-state index contributed by atoms with van der Waals surface area (Å²) in [6.45, 7) is 10.9. The predicted molar refractivity (Wildman–Crippen MR) is 85.5 cm³/mol. The number of hydrogen-bond donors (Lipinski definition) is 0. The van der Waals surface area contributed by atoms with Crippen LogP contribution in [-0.4, -0.2) is 21.9 Å². The van der Waals surface area contributed by atoms with Crippen molar-refractivity contribution in [2.45, 2.75) is 66.4 Å². The molecular formula is C18H28N2O2. The highest BCUT2D eigenvalue weighted by molar-refractivity contribution is 5.73. The topological polar surface area (TPSA) is 44.1 Å². The van der Waals surface area contributed by atoms with Crippen LogP contribution >= 0.6 is 0 Å². The summed E-state index contributed by atoms with van der Waals surface area (Å²) in [7, 11) is 1.91. The van der Waals surface area contributed by atoms with E-state index in [2.05, 4.69) is 25.9 Å². The summed E-state index contributed by atoms with van der Waals surface area (Å²) in [6.07, 6.45) is 3.89. The molecule has 0 aromatic carbocycles. The number of rotatable bonds is 3. The highest BCUT2D eigenvalue weighted by Crippen LogP contribution is 2.66. The maximum absolute atomic E-state index is 12.5. The van der Waals surface area contributed by atoms with Crippen LogP contribution in [0.15, 0.2) is 0 Å². The predicted octanol–water partition coefficient (Wildman–Crippen LogP) is 3.34. The van der Waals surface area contributed by atoms with Crippen molar-refractivity contribution >= 4 is 5.97 Å². The molecule has 0 radical (unpaired) electrons. The lowest BCUT2D eigenvalue weighted by molar-refractivity contribution is -0.156. The van der Waals surface area contributed by atoms with Crippen LogP contribution in [0.4, 0.5) is 0 Å². The maximum Gasteiger partial charge on any atom is 0.310 e. The molecule has 4 nitrogen and oxygen atoms in total. The number of ether oxygens (including phenoxy) is 1. The Morgan fingerprint density at radius 2 is 2.05 bits per heavy atom. The Hall–Kier alpha value is -1.32. The molecule has 122 valence electrons. The summed E-state index contributed by atoms with van der Waals surface area (Å²) in [6, 6.07) is 0. The van der Waals surface area contributed by atoms with E-state index in [-0.39, 0.29) is 22.9 Å². The zero-order valence-corrected chi connectivity index (χ0v) is 14.7. The van der Waals surface area contributed by atoms with E-state index in [0.29, 0.717) is 12.3 Å². The molecule has 3 atom stereocenters. The molecule has 2 bridgehead atoms. The number of hydrogen-bond acceptors (Lipinski definition) is 3. The number of carbonyl (C=O) groups is 1. The highest BCUT2D eigenvalue weighted by atomic mass is 16.5. The largest absolute Gasteiger partial charge is 0.462 e. The van der Waals surface area contributed by atoms with E-state index >= 15 is 0 Å². The number of aromatic nitrogens is 2. The molecular weight excluding hydrogens is 276 g/mol. The van der Waals surface area contributed by atoms with Gasteiger partial charge in [-0.15, -0.1) is 0 Å². The van der Waals surface area contributed by atoms with Crippen molar-refractivity contribution in [3.05, 3.63) is 17.0 Å². The number of aryl methyl sites for hydroxylation is 2. The van der Waals surface area contributed by atoms with E-state index in [9.17, 15) is 4.79 Å². The second-order valence-electron chi connectivity index (χ2n) is 8.04. The summed E-state index contributed by atoms with van der Waals surface area (Å²) in [5, 5.41) is 4.38. The van der Waals surface area contributed by atoms with Crippen LogP contribution in [0.25, 0.3) is 0 Å². The molecule has 3 rings (SSSR count). The molecule has 0 N–H and O–H groups in total. The fourth-order valence-electron chi connectivity index (χ4n) is 4.73. The molecule has 0 spiro atoms. The fourth-order valence-corrected chi connectivity index (χ4v) is 4.73. The molecule has 1 aromatic rings. The molecule has 4 heteroatoms. The summed E-state index contributed by atoms with van der Waals surface area (Å²) >= 11 is 0. The van der Waals surface area contributed by atoms with Crippen LogP contribution in [-0.2, 0) is 23.0 Å². The van der Waals surface area contributed by atoms with E-state index in [1.807, 2.05) is 25.6 Å². The Morgan fingerprint density at radius 1 is 1.36 bits per heavy atom. The first-order chi connectivity index (χ1) is 10.2. The number of nitrogens with zero attached hydrogens (tertiary/aromatic N) is 2. The third-order valence-electron chi connectivity index (χ3n) is 6.97. The average molecular weight is 304 g/mol. The molecule has 2 aliphatic carbocycles. The molecule has 1 heterocycles. The minimum Gasteiger partial charge on any atom is -0.462 e. The van der Waals surface area contributed by atoms with Crippen molar-refractivity contribution in [3.63, 3.8) is 0 Å². The first-order valence-corrected chi connectivity index (χ1v) is 8.35. The van der Waals surface area contributed by atoms with E-state index in [4.69, 9.17) is 4.74 Å². The summed E-state index contributed by atoms with van der Waals surface area (Å²) in [4.78, 5) is 12.5. The van der Waals surface area contributed by atoms with Gasteiger partial charge in [0.15, 0.2) is 0 Å². The first kappa shape index (κ1) is 15.6. The molecule has 0 saturated heterocycles. The molecule has 22 heavy (non-hydrogen) atoms. The monoisotopic (exact) mass is 304 g/mol. The van der Waals surface area contributed by atoms with Gasteiger partial charge in [-0.05, 0) is 44.4 Å². The molecule has 3 unspecified atom stereocenters. The fraction of sp³-hybridized carbons (Fsp3) is 0.778. The normalized spacial score (nSPS) is 32.5. The lowest BCUT2D eigenvalue weighted by Gasteiger charge is -2.38. The lowest BCUT2D eigenvalue weighted by Crippen LogP contribution is -2.38. The second kappa shape index (κ2) is 4.84. The quantitative estimate of drug-likeness (QED) is 0.805. The molecule has 2 aliphatic rings. The minimum absolute atomic E-state index is 0.0750. The van der Waals surface area contributed by atoms with Gasteiger partial charge in [0, 0.05) is 23.7 Å². The summed E-state index contributed by atoms with van der Waals surface area (Å²) < 4.78 is 7.76. The van der Waals surface area contributed by atoms with Gasteiger partial charge in [0.05, 0.1) is 12.1 Å². The van der Waals surface area contributed by atoms with E-state index in [1.54, 1.807) is 0 Å². The Balaban J connectivity index is 1.71. The smallest absolute Gasteiger partial charge is 0.310 e. The van der Waals surface area contributed by atoms with Gasteiger partial charge in [0.2, 0.25) is 0 Å². The molecule has 2 saturated carbocycles. The van der Waals surface area contributed by atoms with Gasteiger partial charge in [0.25, 0.3) is 0 Å². The van der Waals surface area contributed by atoms with Gasteiger partial charge in [0.1, 0.15) is 6.10 Å². The third kappa shape index (κ3) is 2.03. The van der Waals surface area contributed by atoms with Gasteiger partial charge < -0.3 is 4.74 Å². The molecule has 0 amide bonds. The first-order valence-electron chi connectivity index (χ1n) is 8.35. The Kier molecular flexibility index (Phi) is 3.42. The van der Waals surface area contributed by atoms with Gasteiger partial charge in [-0.1, -0.05) is 20.8 Å². The van der Waals surface area contributed by atoms with Crippen LogP contribution in [0.2, 0.25) is 0 Å². The van der Waals surface area contributed by atoms with Gasteiger partial charge in [-0.2, -0.15) is 5.10 Å². The third-order valence-corrected chi connectivity index (χ3v) is 6.97. The second-order valence-corrected chi connectivity index (χ2v) is 8.04. The Bertz CT molecular complexity index is 617. The van der Waals surface area contributed by atoms with Crippen molar-refractivity contribution in [3.8, 4) is 0 Å². The van der Waals surface area contributed by atoms with Crippen molar-refractivity contribution < 1.29 is 9.53 Å². The summed E-state index contributed by atoms with van der Waals surface area (Å²) in [5.41, 5.74) is 3.40. The van der Waals surface area contributed by atoms with Crippen molar-refractivity contribution in [1.82, 2.24) is 9.78 Å². The van der Waals surface area contributed by atoms with Gasteiger partial charge >= 0.3 is 5.97 Å². The minimum atomic E-state index is -0.103. The van der Waals surface area contributed by atoms with Crippen molar-refractivity contribution in [1.29, 1.82) is 0 Å². The zero-order chi connectivity index (χ0) is 16.3. The van der Waals surface area contributed by atoms with Crippen LogP contribution in [0.1, 0.15) is 57.0 Å². The van der Waals surface area contributed by atoms with Crippen molar-refractivity contribution in [2.24, 2.45) is 23.8 Å². The molecule has 1 aromatic heterocycles. The highest BCUT2D eigenvalue weighted by Gasteiger charge is 2.62.